The maximum Gasteiger partial charge on any atom is 0.192 e. The minimum Gasteiger partial charge on any atom is -0.413 e. The molecular weight excluding hydrogens is 244 g/mol. The molecule has 0 aromatic carbocycles. The summed E-state index contributed by atoms with van der Waals surface area (Å²) < 4.78 is 7.08. The van der Waals surface area contributed by atoms with Gasteiger partial charge in [0.25, 0.3) is 0 Å². The number of allylic oxidation sites excluding steroid dienone is 1. The van der Waals surface area contributed by atoms with Gasteiger partial charge in [0.15, 0.2) is 8.32 Å². The van der Waals surface area contributed by atoms with Crippen molar-refractivity contribution in [3.63, 3.8) is 0 Å². The van der Waals surface area contributed by atoms with Crippen molar-refractivity contribution >= 4 is 24.2 Å². The summed E-state index contributed by atoms with van der Waals surface area (Å²) in [5, 5.41) is 0.307. The van der Waals surface area contributed by atoms with E-state index in [1.54, 1.807) is 0 Å². The molecule has 0 bridgehead atoms. The van der Waals surface area contributed by atoms with E-state index in [0.29, 0.717) is 5.04 Å². The predicted octanol–water partition coefficient (Wildman–Crippen LogP) is 4.31. The Bertz CT molecular complexity index is 188. The minimum atomic E-state index is -1.54. The fraction of sp³-hybridized carbons (Fsp3) is 0.800. The Morgan fingerprint density at radius 1 is 1.38 bits per heavy atom. The number of hydrogen-bond donors (Lipinski definition) is 0. The van der Waals surface area contributed by atoms with Crippen LogP contribution < -0.4 is 0 Å². The van der Waals surface area contributed by atoms with Crippen molar-refractivity contribution in [2.75, 3.05) is 6.61 Å². The van der Waals surface area contributed by atoms with E-state index in [2.05, 4.69) is 55.9 Å². The van der Waals surface area contributed by atoms with Crippen LogP contribution in [-0.2, 0) is 4.43 Å². The summed E-state index contributed by atoms with van der Waals surface area (Å²) in [5.41, 5.74) is 0. The lowest BCUT2D eigenvalue weighted by Gasteiger charge is -2.35. The molecule has 0 aromatic rings. The zero-order chi connectivity index (χ0) is 10.7. The Hall–Kier alpha value is 0.397. The zero-order valence-corrected chi connectivity index (χ0v) is 12.2. The quantitative estimate of drug-likeness (QED) is 0.691. The van der Waals surface area contributed by atoms with E-state index in [1.165, 1.54) is 0 Å². The average molecular weight is 265 g/mol. The van der Waals surface area contributed by atoms with Crippen molar-refractivity contribution in [3.8, 4) is 0 Å². The van der Waals surface area contributed by atoms with Crippen LogP contribution in [0.1, 0.15) is 27.7 Å². The molecule has 0 fully saturated rings. The Labute approximate surface area is 91.8 Å². The lowest BCUT2D eigenvalue weighted by atomic mass is 10.2. The minimum absolute atomic E-state index is 0.307. The van der Waals surface area contributed by atoms with Gasteiger partial charge in [-0.25, -0.2) is 0 Å². The van der Waals surface area contributed by atoms with Gasteiger partial charge in [-0.15, -0.1) is 0 Å². The number of rotatable bonds is 3. The van der Waals surface area contributed by atoms with Crippen molar-refractivity contribution < 1.29 is 4.43 Å². The molecule has 0 N–H and O–H groups in total. The third-order valence-corrected chi connectivity index (χ3v) is 7.44. The van der Waals surface area contributed by atoms with Crippen LogP contribution in [0.2, 0.25) is 18.1 Å². The molecule has 0 aliphatic carbocycles. The fourth-order valence-corrected chi connectivity index (χ4v) is 1.65. The first-order valence-corrected chi connectivity index (χ1v) is 8.33. The third-order valence-electron chi connectivity index (χ3n) is 2.61. The first kappa shape index (κ1) is 13.4. The molecule has 0 heterocycles. The third kappa shape index (κ3) is 4.98. The summed E-state index contributed by atoms with van der Waals surface area (Å²) in [6.07, 6.45) is 2.07. The van der Waals surface area contributed by atoms with Crippen molar-refractivity contribution in [2.24, 2.45) is 0 Å². The van der Waals surface area contributed by atoms with E-state index >= 15 is 0 Å². The van der Waals surface area contributed by atoms with Gasteiger partial charge in [0.05, 0.1) is 6.61 Å². The lowest BCUT2D eigenvalue weighted by Crippen LogP contribution is -2.40. The maximum atomic E-state index is 5.94. The summed E-state index contributed by atoms with van der Waals surface area (Å²) in [4.78, 5) is 0. The smallest absolute Gasteiger partial charge is 0.192 e. The zero-order valence-electron chi connectivity index (χ0n) is 9.57. The monoisotopic (exact) mass is 264 g/mol. The van der Waals surface area contributed by atoms with Crippen LogP contribution in [0.15, 0.2) is 10.6 Å². The van der Waals surface area contributed by atoms with E-state index in [4.69, 9.17) is 4.43 Å². The highest BCUT2D eigenvalue weighted by molar-refractivity contribution is 9.11. The Morgan fingerprint density at radius 2 is 1.85 bits per heavy atom. The van der Waals surface area contributed by atoms with E-state index in [-0.39, 0.29) is 0 Å². The molecule has 0 rings (SSSR count). The van der Waals surface area contributed by atoms with Crippen molar-refractivity contribution in [2.45, 2.75) is 45.8 Å². The largest absolute Gasteiger partial charge is 0.413 e. The van der Waals surface area contributed by atoms with E-state index in [0.717, 1.165) is 11.1 Å². The van der Waals surface area contributed by atoms with Crippen LogP contribution in [-0.4, -0.2) is 14.9 Å². The van der Waals surface area contributed by atoms with Gasteiger partial charge < -0.3 is 4.43 Å². The van der Waals surface area contributed by atoms with Crippen LogP contribution in [0, 0.1) is 0 Å². The van der Waals surface area contributed by atoms with Gasteiger partial charge in [0, 0.05) is 0 Å². The molecule has 0 aliphatic heterocycles. The summed E-state index contributed by atoms with van der Waals surface area (Å²) in [6.45, 7) is 14.1. The SMILES string of the molecule is C/C(Br)=C\CO[Si](C)(C)C(C)(C)C. The normalized spacial score (nSPS) is 14.8. The van der Waals surface area contributed by atoms with Gasteiger partial charge in [0.2, 0.25) is 0 Å². The average Bonchev–Trinajstić information content (AvgIpc) is 1.82. The first-order valence-electron chi connectivity index (χ1n) is 4.63. The molecule has 0 atom stereocenters. The molecule has 0 spiro atoms. The van der Waals surface area contributed by atoms with Crippen molar-refractivity contribution in [1.82, 2.24) is 0 Å². The Kier molecular flexibility index (Phi) is 4.90. The fourth-order valence-electron chi connectivity index (χ4n) is 0.581. The summed E-state index contributed by atoms with van der Waals surface area (Å²) >= 11 is 3.39. The van der Waals surface area contributed by atoms with Gasteiger partial charge in [0.1, 0.15) is 0 Å². The van der Waals surface area contributed by atoms with Crippen LogP contribution in [0.5, 0.6) is 0 Å². The topological polar surface area (TPSA) is 9.23 Å². The standard InChI is InChI=1S/C10H21BrOSi/c1-9(11)7-8-12-13(5,6)10(2,3)4/h7H,8H2,1-6H3/b9-7+. The van der Waals surface area contributed by atoms with Crippen molar-refractivity contribution in [1.29, 1.82) is 0 Å². The highest BCUT2D eigenvalue weighted by Crippen LogP contribution is 2.36. The second-order valence-electron chi connectivity index (χ2n) is 4.86. The molecule has 13 heavy (non-hydrogen) atoms. The second kappa shape index (κ2) is 4.76. The van der Waals surface area contributed by atoms with Crippen LogP contribution in [0.4, 0.5) is 0 Å². The molecule has 3 heteroatoms. The summed E-state index contributed by atoms with van der Waals surface area (Å²) in [7, 11) is -1.54. The number of halogens is 1. The molecule has 0 aliphatic rings. The summed E-state index contributed by atoms with van der Waals surface area (Å²) in [6, 6.07) is 0. The van der Waals surface area contributed by atoms with E-state index in [1.807, 2.05) is 6.92 Å². The Morgan fingerprint density at radius 3 is 2.15 bits per heavy atom. The molecule has 0 saturated carbocycles. The van der Waals surface area contributed by atoms with Crippen molar-refractivity contribution in [3.05, 3.63) is 10.6 Å². The van der Waals surface area contributed by atoms with Gasteiger partial charge in [-0.05, 0) is 29.5 Å². The van der Waals surface area contributed by atoms with Crippen LogP contribution >= 0.6 is 15.9 Å². The van der Waals surface area contributed by atoms with Gasteiger partial charge >= 0.3 is 0 Å². The van der Waals surface area contributed by atoms with Gasteiger partial charge in [-0.3, -0.25) is 0 Å². The molecular formula is C10H21BrOSi. The highest BCUT2D eigenvalue weighted by Gasteiger charge is 2.36. The first-order chi connectivity index (χ1) is 5.67. The number of hydrogen-bond acceptors (Lipinski definition) is 1. The highest BCUT2D eigenvalue weighted by atomic mass is 79.9. The second-order valence-corrected chi connectivity index (χ2v) is 10.9. The van der Waals surface area contributed by atoms with E-state index < -0.39 is 8.32 Å². The molecule has 0 amide bonds. The van der Waals surface area contributed by atoms with Crippen LogP contribution in [0.25, 0.3) is 0 Å². The molecule has 0 saturated heterocycles. The van der Waals surface area contributed by atoms with Crippen LogP contribution in [0.3, 0.4) is 0 Å². The van der Waals surface area contributed by atoms with Gasteiger partial charge in [-0.1, -0.05) is 42.8 Å². The van der Waals surface area contributed by atoms with E-state index in [9.17, 15) is 0 Å². The Balaban J connectivity index is 4.12. The maximum absolute atomic E-state index is 5.94. The molecule has 0 unspecified atom stereocenters. The predicted molar refractivity (Wildman–Crippen MR) is 65.8 cm³/mol. The lowest BCUT2D eigenvalue weighted by molar-refractivity contribution is 0.328. The molecule has 78 valence electrons. The molecule has 0 radical (unpaired) electrons. The molecule has 1 nitrogen and oxygen atoms in total. The molecule has 0 aromatic heterocycles. The van der Waals surface area contributed by atoms with Gasteiger partial charge in [-0.2, -0.15) is 0 Å². The summed E-state index contributed by atoms with van der Waals surface area (Å²) in [5.74, 6) is 0.